The molecule has 0 aromatic rings. The highest BCUT2D eigenvalue weighted by Crippen LogP contribution is 2.22. The SMILES string of the molecule is Cl.FC(F)(F)C1CCOCCN1. The number of nitrogens with one attached hydrogen (secondary N) is 1. The van der Waals surface area contributed by atoms with Gasteiger partial charge in [0, 0.05) is 13.2 Å². The van der Waals surface area contributed by atoms with Crippen LogP contribution in [0.2, 0.25) is 0 Å². The van der Waals surface area contributed by atoms with Crippen LogP contribution in [0.25, 0.3) is 0 Å². The Kier molecular flexibility index (Phi) is 4.89. The molecule has 0 radical (unpaired) electrons. The van der Waals surface area contributed by atoms with Crippen LogP contribution in [-0.4, -0.2) is 32.0 Å². The molecule has 1 heterocycles. The van der Waals surface area contributed by atoms with Crippen molar-refractivity contribution >= 4 is 12.4 Å². The molecule has 1 fully saturated rings. The molecule has 1 aliphatic rings. The number of hydrogen-bond acceptors (Lipinski definition) is 2. The molecule has 6 heteroatoms. The van der Waals surface area contributed by atoms with E-state index in [1.165, 1.54) is 0 Å². The highest BCUT2D eigenvalue weighted by molar-refractivity contribution is 5.85. The summed E-state index contributed by atoms with van der Waals surface area (Å²) < 4.78 is 40.9. The summed E-state index contributed by atoms with van der Waals surface area (Å²) in [4.78, 5) is 0. The van der Waals surface area contributed by atoms with E-state index in [-0.39, 0.29) is 32.0 Å². The summed E-state index contributed by atoms with van der Waals surface area (Å²) in [6.07, 6.45) is -4.11. The van der Waals surface area contributed by atoms with Gasteiger partial charge in [-0.2, -0.15) is 13.2 Å². The van der Waals surface area contributed by atoms with E-state index in [2.05, 4.69) is 5.32 Å². The zero-order valence-electron chi connectivity index (χ0n) is 6.36. The highest BCUT2D eigenvalue weighted by Gasteiger charge is 2.39. The fraction of sp³-hybridized carbons (Fsp3) is 1.00. The highest BCUT2D eigenvalue weighted by atomic mass is 35.5. The van der Waals surface area contributed by atoms with Gasteiger partial charge in [0.2, 0.25) is 0 Å². The van der Waals surface area contributed by atoms with Crippen LogP contribution in [-0.2, 0) is 4.74 Å². The van der Waals surface area contributed by atoms with Gasteiger partial charge in [-0.05, 0) is 6.42 Å². The minimum atomic E-state index is -4.13. The maximum Gasteiger partial charge on any atom is 0.403 e. The third kappa shape index (κ3) is 3.60. The average Bonchev–Trinajstić information content (AvgIpc) is 2.10. The first kappa shape index (κ1) is 12.0. The van der Waals surface area contributed by atoms with Crippen molar-refractivity contribution in [1.29, 1.82) is 0 Å². The third-order valence-electron chi connectivity index (χ3n) is 1.58. The Morgan fingerprint density at radius 2 is 1.92 bits per heavy atom. The van der Waals surface area contributed by atoms with Crippen molar-refractivity contribution in [3.63, 3.8) is 0 Å². The zero-order valence-corrected chi connectivity index (χ0v) is 7.17. The van der Waals surface area contributed by atoms with Crippen molar-refractivity contribution in [2.45, 2.75) is 18.6 Å². The quantitative estimate of drug-likeness (QED) is 0.645. The van der Waals surface area contributed by atoms with Gasteiger partial charge < -0.3 is 10.1 Å². The van der Waals surface area contributed by atoms with E-state index in [1.54, 1.807) is 0 Å². The Labute approximate surface area is 74.9 Å². The molecule has 74 valence electrons. The van der Waals surface area contributed by atoms with Crippen molar-refractivity contribution in [2.24, 2.45) is 0 Å². The summed E-state index contributed by atoms with van der Waals surface area (Å²) in [7, 11) is 0. The summed E-state index contributed by atoms with van der Waals surface area (Å²) in [5, 5.41) is 2.37. The first-order chi connectivity index (χ1) is 5.11. The number of alkyl halides is 3. The molecule has 1 rings (SSSR count). The van der Waals surface area contributed by atoms with E-state index in [4.69, 9.17) is 4.74 Å². The minimum Gasteiger partial charge on any atom is -0.380 e. The lowest BCUT2D eigenvalue weighted by Gasteiger charge is -2.17. The molecule has 0 aromatic carbocycles. The van der Waals surface area contributed by atoms with Crippen LogP contribution >= 0.6 is 12.4 Å². The van der Waals surface area contributed by atoms with Gasteiger partial charge in [0.1, 0.15) is 6.04 Å². The van der Waals surface area contributed by atoms with Gasteiger partial charge in [0.15, 0.2) is 0 Å². The number of hydrogen-bond donors (Lipinski definition) is 1. The van der Waals surface area contributed by atoms with E-state index in [1.807, 2.05) is 0 Å². The lowest BCUT2D eigenvalue weighted by molar-refractivity contribution is -0.156. The molecule has 1 aliphatic heterocycles. The van der Waals surface area contributed by atoms with Crippen LogP contribution in [0.4, 0.5) is 13.2 Å². The first-order valence-electron chi connectivity index (χ1n) is 3.48. The van der Waals surface area contributed by atoms with E-state index < -0.39 is 12.2 Å². The van der Waals surface area contributed by atoms with Crippen molar-refractivity contribution in [1.82, 2.24) is 5.32 Å². The van der Waals surface area contributed by atoms with Gasteiger partial charge in [-0.15, -0.1) is 12.4 Å². The zero-order chi connectivity index (χ0) is 8.32. The minimum absolute atomic E-state index is 0. The standard InChI is InChI=1S/C6H10F3NO.ClH/c7-6(8,9)5-1-3-11-4-2-10-5;/h5,10H,1-4H2;1H. The van der Waals surface area contributed by atoms with Crippen LogP contribution in [0, 0.1) is 0 Å². The Morgan fingerprint density at radius 3 is 2.50 bits per heavy atom. The Bertz CT molecular complexity index is 122. The topological polar surface area (TPSA) is 21.3 Å². The summed E-state index contributed by atoms with van der Waals surface area (Å²) in [6, 6.07) is -1.38. The van der Waals surface area contributed by atoms with Crippen molar-refractivity contribution in [2.75, 3.05) is 19.8 Å². The predicted octanol–water partition coefficient (Wildman–Crippen LogP) is 1.35. The van der Waals surface area contributed by atoms with Gasteiger partial charge in [-0.1, -0.05) is 0 Å². The van der Waals surface area contributed by atoms with Crippen LogP contribution in [0.1, 0.15) is 6.42 Å². The number of rotatable bonds is 0. The van der Waals surface area contributed by atoms with Gasteiger partial charge in [-0.25, -0.2) is 0 Å². The molecule has 2 nitrogen and oxygen atoms in total. The van der Waals surface area contributed by atoms with Gasteiger partial charge >= 0.3 is 6.18 Å². The maximum absolute atomic E-state index is 12.0. The molecule has 0 aromatic heterocycles. The van der Waals surface area contributed by atoms with Gasteiger partial charge in [0.05, 0.1) is 6.61 Å². The van der Waals surface area contributed by atoms with Crippen LogP contribution in [0.3, 0.4) is 0 Å². The molecular weight excluding hydrogens is 195 g/mol. The second-order valence-electron chi connectivity index (χ2n) is 2.45. The fourth-order valence-corrected chi connectivity index (χ4v) is 0.990. The van der Waals surface area contributed by atoms with Crippen molar-refractivity contribution in [3.8, 4) is 0 Å². The number of halogens is 4. The third-order valence-corrected chi connectivity index (χ3v) is 1.58. The molecule has 0 bridgehead atoms. The second-order valence-corrected chi connectivity index (χ2v) is 2.45. The van der Waals surface area contributed by atoms with Crippen molar-refractivity contribution < 1.29 is 17.9 Å². The van der Waals surface area contributed by atoms with Gasteiger partial charge in [0.25, 0.3) is 0 Å². The van der Waals surface area contributed by atoms with E-state index >= 15 is 0 Å². The summed E-state index contributed by atoms with van der Waals surface area (Å²) in [5.41, 5.74) is 0. The molecule has 1 unspecified atom stereocenters. The smallest absolute Gasteiger partial charge is 0.380 e. The lowest BCUT2D eigenvalue weighted by atomic mass is 10.2. The Balaban J connectivity index is 0.00000121. The molecule has 0 aliphatic carbocycles. The number of ether oxygens (including phenoxy) is 1. The summed E-state index contributed by atoms with van der Waals surface area (Å²) in [5.74, 6) is 0. The summed E-state index contributed by atoms with van der Waals surface area (Å²) >= 11 is 0. The van der Waals surface area contributed by atoms with Crippen LogP contribution in [0.15, 0.2) is 0 Å². The van der Waals surface area contributed by atoms with Crippen molar-refractivity contribution in [3.05, 3.63) is 0 Å². The van der Waals surface area contributed by atoms with Gasteiger partial charge in [-0.3, -0.25) is 0 Å². The van der Waals surface area contributed by atoms with E-state index in [0.717, 1.165) is 0 Å². The molecule has 1 N–H and O–H groups in total. The molecule has 12 heavy (non-hydrogen) atoms. The lowest BCUT2D eigenvalue weighted by Crippen LogP contribution is -2.42. The van der Waals surface area contributed by atoms with Crippen LogP contribution < -0.4 is 5.32 Å². The molecule has 1 saturated heterocycles. The van der Waals surface area contributed by atoms with E-state index in [9.17, 15) is 13.2 Å². The second kappa shape index (κ2) is 4.89. The average molecular weight is 206 g/mol. The van der Waals surface area contributed by atoms with Crippen LogP contribution in [0.5, 0.6) is 0 Å². The largest absolute Gasteiger partial charge is 0.403 e. The maximum atomic E-state index is 12.0. The molecule has 0 saturated carbocycles. The monoisotopic (exact) mass is 205 g/mol. The molecule has 1 atom stereocenters. The molecule has 0 spiro atoms. The first-order valence-corrected chi connectivity index (χ1v) is 3.48. The fourth-order valence-electron chi connectivity index (χ4n) is 0.990. The summed E-state index contributed by atoms with van der Waals surface area (Å²) in [6.45, 7) is 0.841. The van der Waals surface area contributed by atoms with E-state index in [0.29, 0.717) is 6.61 Å². The molecular formula is C6H11ClF3NO. The normalized spacial score (nSPS) is 25.8. The Hall–Kier alpha value is -0.0000000000000000416. The molecule has 0 amide bonds. The Morgan fingerprint density at radius 1 is 1.25 bits per heavy atom. The predicted molar refractivity (Wildman–Crippen MR) is 40.5 cm³/mol.